The second-order valence-corrected chi connectivity index (χ2v) is 5.98. The van der Waals surface area contributed by atoms with Crippen LogP contribution in [0, 0.1) is 0 Å². The quantitative estimate of drug-likeness (QED) is 0.625. The summed E-state index contributed by atoms with van der Waals surface area (Å²) < 4.78 is 7.71. The maximum atomic E-state index is 5.65. The van der Waals surface area contributed by atoms with Gasteiger partial charge in [-0.15, -0.1) is 11.3 Å². The number of hydrogen-bond donors (Lipinski definition) is 2. The highest BCUT2D eigenvalue weighted by Crippen LogP contribution is 2.19. The molecule has 2 aromatic heterocycles. The average Bonchev–Trinajstić information content (AvgIpc) is 3.10. The summed E-state index contributed by atoms with van der Waals surface area (Å²) in [5.74, 6) is 5.65. The molecule has 0 saturated carbocycles. The van der Waals surface area contributed by atoms with Gasteiger partial charge in [0.2, 0.25) is 0 Å². The van der Waals surface area contributed by atoms with Crippen molar-refractivity contribution in [1.82, 2.24) is 14.8 Å². The Morgan fingerprint density at radius 1 is 1.63 bits per heavy atom. The van der Waals surface area contributed by atoms with Crippen LogP contribution >= 0.6 is 11.3 Å². The fraction of sp³-hybridized carbons (Fsp3) is 0.615. The first-order valence-electron chi connectivity index (χ1n) is 6.84. The maximum Gasteiger partial charge on any atom is 0.193 e. The van der Waals surface area contributed by atoms with Crippen LogP contribution in [0.25, 0.3) is 4.96 Å². The van der Waals surface area contributed by atoms with Crippen LogP contribution in [0.5, 0.6) is 0 Å². The summed E-state index contributed by atoms with van der Waals surface area (Å²) in [4.78, 5) is 5.64. The molecule has 2 aromatic rings. The monoisotopic (exact) mass is 280 g/mol. The second kappa shape index (κ2) is 6.00. The first-order valence-corrected chi connectivity index (χ1v) is 7.72. The highest BCUT2D eigenvalue weighted by atomic mass is 32.1. The zero-order chi connectivity index (χ0) is 13.1. The van der Waals surface area contributed by atoms with Gasteiger partial charge in [-0.25, -0.2) is 4.98 Å². The van der Waals surface area contributed by atoms with Gasteiger partial charge in [0.05, 0.1) is 11.8 Å². The summed E-state index contributed by atoms with van der Waals surface area (Å²) in [5, 5.41) is 2.04. The fourth-order valence-corrected chi connectivity index (χ4v) is 3.35. The molecule has 3 N–H and O–H groups in total. The largest absolute Gasteiger partial charge is 0.378 e. The zero-order valence-corrected chi connectivity index (χ0v) is 11.7. The van der Waals surface area contributed by atoms with Gasteiger partial charge in [0, 0.05) is 36.8 Å². The highest BCUT2D eigenvalue weighted by molar-refractivity contribution is 7.15. The lowest BCUT2D eigenvalue weighted by Gasteiger charge is -2.16. The van der Waals surface area contributed by atoms with Crippen molar-refractivity contribution in [3.8, 4) is 0 Å². The lowest BCUT2D eigenvalue weighted by molar-refractivity contribution is 0.0995. The molecule has 2 unspecified atom stereocenters. The van der Waals surface area contributed by atoms with Crippen molar-refractivity contribution in [2.75, 3.05) is 6.61 Å². The third kappa shape index (κ3) is 3.14. The molecule has 6 heteroatoms. The van der Waals surface area contributed by atoms with Crippen LogP contribution in [0.1, 0.15) is 31.4 Å². The van der Waals surface area contributed by atoms with Gasteiger partial charge < -0.3 is 4.74 Å². The van der Waals surface area contributed by atoms with E-state index in [1.807, 2.05) is 11.6 Å². The fourth-order valence-electron chi connectivity index (χ4n) is 2.63. The van der Waals surface area contributed by atoms with Crippen LogP contribution in [-0.2, 0) is 11.2 Å². The van der Waals surface area contributed by atoms with E-state index in [4.69, 9.17) is 10.6 Å². The van der Waals surface area contributed by atoms with Crippen molar-refractivity contribution >= 4 is 16.3 Å². The number of thiazole rings is 1. The Balaban J connectivity index is 1.54. The Morgan fingerprint density at radius 2 is 2.58 bits per heavy atom. The molecule has 5 nitrogen and oxygen atoms in total. The van der Waals surface area contributed by atoms with Gasteiger partial charge in [-0.3, -0.25) is 15.7 Å². The molecular formula is C13H20N4OS. The lowest BCUT2D eigenvalue weighted by Crippen LogP contribution is -2.37. The number of hydrazine groups is 1. The summed E-state index contributed by atoms with van der Waals surface area (Å²) >= 11 is 1.66. The van der Waals surface area contributed by atoms with Crippen LogP contribution in [0.3, 0.4) is 0 Å². The number of nitrogens with two attached hydrogens (primary N) is 1. The topological polar surface area (TPSA) is 64.6 Å². The smallest absolute Gasteiger partial charge is 0.193 e. The molecule has 1 saturated heterocycles. The van der Waals surface area contributed by atoms with Gasteiger partial charge >= 0.3 is 0 Å². The molecule has 0 radical (unpaired) electrons. The van der Waals surface area contributed by atoms with E-state index < -0.39 is 0 Å². The van der Waals surface area contributed by atoms with E-state index in [1.165, 1.54) is 12.8 Å². The summed E-state index contributed by atoms with van der Waals surface area (Å²) in [6, 6.07) is 0.272. The molecule has 3 rings (SSSR count). The van der Waals surface area contributed by atoms with E-state index in [1.54, 1.807) is 11.3 Å². The average molecular weight is 280 g/mol. The number of rotatable bonds is 6. The highest BCUT2D eigenvalue weighted by Gasteiger charge is 2.18. The number of ether oxygens (including phenoxy) is 1. The molecule has 0 bridgehead atoms. The van der Waals surface area contributed by atoms with Crippen molar-refractivity contribution in [3.05, 3.63) is 23.5 Å². The Morgan fingerprint density at radius 3 is 3.32 bits per heavy atom. The number of nitrogens with zero attached hydrogens (tertiary/aromatic N) is 2. The summed E-state index contributed by atoms with van der Waals surface area (Å²) in [5.41, 5.74) is 4.01. The minimum absolute atomic E-state index is 0.272. The molecule has 0 aliphatic carbocycles. The van der Waals surface area contributed by atoms with E-state index >= 15 is 0 Å². The van der Waals surface area contributed by atoms with Gasteiger partial charge in [-0.05, 0) is 25.7 Å². The number of aromatic nitrogens is 2. The van der Waals surface area contributed by atoms with Gasteiger partial charge in [0.15, 0.2) is 4.96 Å². The number of nitrogens with one attached hydrogen (secondary N) is 1. The third-order valence-electron chi connectivity index (χ3n) is 3.70. The first kappa shape index (κ1) is 13.1. The van der Waals surface area contributed by atoms with Gasteiger partial charge in [-0.1, -0.05) is 0 Å². The molecule has 0 aromatic carbocycles. The van der Waals surface area contributed by atoms with E-state index in [0.29, 0.717) is 6.10 Å². The van der Waals surface area contributed by atoms with Gasteiger partial charge in [0.25, 0.3) is 0 Å². The SMILES string of the molecule is NNC(CCC1CCCO1)Cc1cn2ccsc2n1. The number of hydrogen-bond acceptors (Lipinski definition) is 5. The van der Waals surface area contributed by atoms with Gasteiger partial charge in [0.1, 0.15) is 0 Å². The van der Waals surface area contributed by atoms with Crippen molar-refractivity contribution in [2.45, 2.75) is 44.2 Å². The zero-order valence-electron chi connectivity index (χ0n) is 10.9. The van der Waals surface area contributed by atoms with E-state index in [9.17, 15) is 0 Å². The Labute approximate surface area is 116 Å². The summed E-state index contributed by atoms with van der Waals surface area (Å²) in [7, 11) is 0. The predicted octanol–water partition coefficient (Wildman–Crippen LogP) is 1.73. The third-order valence-corrected chi connectivity index (χ3v) is 4.47. The van der Waals surface area contributed by atoms with Gasteiger partial charge in [-0.2, -0.15) is 0 Å². The van der Waals surface area contributed by atoms with Crippen LogP contribution in [-0.4, -0.2) is 28.1 Å². The normalized spacial score (nSPS) is 21.2. The molecule has 1 aliphatic heterocycles. The minimum atomic E-state index is 0.272. The van der Waals surface area contributed by atoms with Crippen LogP contribution < -0.4 is 11.3 Å². The van der Waals surface area contributed by atoms with Crippen LogP contribution in [0.4, 0.5) is 0 Å². The molecule has 3 heterocycles. The number of fused-ring (bicyclic) bond motifs is 1. The Bertz CT molecular complexity index is 489. The standard InChI is InChI=1S/C13H20N4OS/c14-16-10(3-4-12-2-1-6-18-12)8-11-9-17-5-7-19-13(17)15-11/h5,7,9-10,12,16H,1-4,6,8,14H2. The molecule has 0 amide bonds. The van der Waals surface area contributed by atoms with E-state index in [-0.39, 0.29) is 6.04 Å². The molecule has 1 fully saturated rings. The second-order valence-electron chi connectivity index (χ2n) is 5.11. The molecule has 19 heavy (non-hydrogen) atoms. The van der Waals surface area contributed by atoms with Crippen molar-refractivity contribution in [3.63, 3.8) is 0 Å². The summed E-state index contributed by atoms with van der Waals surface area (Å²) in [6.45, 7) is 0.919. The predicted molar refractivity (Wildman–Crippen MR) is 76.1 cm³/mol. The molecule has 1 aliphatic rings. The van der Waals surface area contributed by atoms with Crippen LogP contribution in [0.2, 0.25) is 0 Å². The van der Waals surface area contributed by atoms with Crippen molar-refractivity contribution in [1.29, 1.82) is 0 Å². The number of imidazole rings is 1. The Hall–Kier alpha value is -0.950. The Kier molecular flexibility index (Phi) is 4.12. The summed E-state index contributed by atoms with van der Waals surface area (Å²) in [6.07, 6.45) is 9.93. The van der Waals surface area contributed by atoms with Crippen LogP contribution in [0.15, 0.2) is 17.8 Å². The van der Waals surface area contributed by atoms with E-state index in [2.05, 4.69) is 21.0 Å². The minimum Gasteiger partial charge on any atom is -0.378 e. The van der Waals surface area contributed by atoms with Crippen molar-refractivity contribution < 1.29 is 4.74 Å². The van der Waals surface area contributed by atoms with E-state index in [0.717, 1.165) is 36.5 Å². The molecule has 0 spiro atoms. The lowest BCUT2D eigenvalue weighted by atomic mass is 10.0. The van der Waals surface area contributed by atoms with Crippen molar-refractivity contribution in [2.24, 2.45) is 5.84 Å². The molecular weight excluding hydrogens is 260 g/mol. The molecule has 2 atom stereocenters. The first-order chi connectivity index (χ1) is 9.35. The molecule has 104 valence electrons. The maximum absolute atomic E-state index is 5.65.